The number of phenols is 1. The van der Waals surface area contributed by atoms with Crippen molar-refractivity contribution in [1.29, 1.82) is 0 Å². The van der Waals surface area contributed by atoms with Crippen LogP contribution in [0.3, 0.4) is 0 Å². The van der Waals surface area contributed by atoms with Crippen LogP contribution in [0.1, 0.15) is 17.3 Å². The number of benzene rings is 1. The van der Waals surface area contributed by atoms with Gasteiger partial charge in [-0.15, -0.1) is 11.8 Å². The molecule has 4 heteroatoms. The van der Waals surface area contributed by atoms with Crippen LogP contribution in [0.15, 0.2) is 17.0 Å². The van der Waals surface area contributed by atoms with Crippen LogP contribution in [0.25, 0.3) is 0 Å². The van der Waals surface area contributed by atoms with Gasteiger partial charge in [0.15, 0.2) is 5.78 Å². The van der Waals surface area contributed by atoms with Crippen LogP contribution in [-0.4, -0.2) is 23.2 Å². The summed E-state index contributed by atoms with van der Waals surface area (Å²) in [6.45, 7) is 2.08. The summed E-state index contributed by atoms with van der Waals surface area (Å²) < 4.78 is 5.39. The fourth-order valence-corrected chi connectivity index (χ4v) is 2.20. The van der Waals surface area contributed by atoms with E-state index in [9.17, 15) is 9.90 Å². The largest absolute Gasteiger partial charge is 0.507 e. The molecule has 0 atom stereocenters. The summed E-state index contributed by atoms with van der Waals surface area (Å²) in [5.41, 5.74) is 0.325. The third-order valence-corrected chi connectivity index (χ3v) is 3.04. The van der Waals surface area contributed by atoms with E-state index in [2.05, 4.69) is 0 Å². The zero-order valence-corrected chi connectivity index (χ0v) is 8.56. The van der Waals surface area contributed by atoms with Gasteiger partial charge < -0.3 is 9.84 Å². The molecule has 2 rings (SSSR count). The Balaban J connectivity index is 2.50. The zero-order chi connectivity index (χ0) is 10.1. The summed E-state index contributed by atoms with van der Waals surface area (Å²) >= 11 is 1.63. The number of aromatic hydroxyl groups is 1. The second kappa shape index (κ2) is 3.53. The van der Waals surface area contributed by atoms with Crippen LogP contribution < -0.4 is 4.74 Å². The molecule has 0 amide bonds. The Morgan fingerprint density at radius 1 is 1.57 bits per heavy atom. The first-order valence-corrected chi connectivity index (χ1v) is 5.30. The summed E-state index contributed by atoms with van der Waals surface area (Å²) in [6, 6.07) is 3.20. The number of carbonyl (C=O) groups excluding carboxylic acids is 1. The van der Waals surface area contributed by atoms with E-state index >= 15 is 0 Å². The smallest absolute Gasteiger partial charge is 0.163 e. The van der Waals surface area contributed by atoms with E-state index in [1.807, 2.05) is 0 Å². The SMILES string of the molecule is CC(=O)c1cc2c(cc1O)SCCO2. The van der Waals surface area contributed by atoms with E-state index < -0.39 is 0 Å². The van der Waals surface area contributed by atoms with Crippen molar-refractivity contribution in [3.8, 4) is 11.5 Å². The van der Waals surface area contributed by atoms with Gasteiger partial charge in [0, 0.05) is 5.75 Å². The molecule has 0 aliphatic carbocycles. The monoisotopic (exact) mass is 210 g/mol. The van der Waals surface area contributed by atoms with Gasteiger partial charge >= 0.3 is 0 Å². The predicted molar refractivity (Wildman–Crippen MR) is 54.3 cm³/mol. The minimum absolute atomic E-state index is 0.0363. The fraction of sp³-hybridized carbons (Fsp3) is 0.300. The molecule has 0 unspecified atom stereocenters. The maximum absolute atomic E-state index is 11.1. The molecule has 0 saturated carbocycles. The Bertz CT molecular complexity index is 387. The first-order chi connectivity index (χ1) is 6.68. The van der Waals surface area contributed by atoms with Crippen LogP contribution in [0.5, 0.6) is 11.5 Å². The topological polar surface area (TPSA) is 46.5 Å². The van der Waals surface area contributed by atoms with Crippen LogP contribution in [0.2, 0.25) is 0 Å². The van der Waals surface area contributed by atoms with Gasteiger partial charge in [-0.25, -0.2) is 0 Å². The Labute approximate surface area is 86.1 Å². The molecule has 0 spiro atoms. The lowest BCUT2D eigenvalue weighted by Crippen LogP contribution is -2.07. The van der Waals surface area contributed by atoms with Crippen molar-refractivity contribution in [3.05, 3.63) is 17.7 Å². The van der Waals surface area contributed by atoms with Crippen LogP contribution in [-0.2, 0) is 0 Å². The van der Waals surface area contributed by atoms with E-state index in [0.29, 0.717) is 17.9 Å². The molecule has 0 bridgehead atoms. The lowest BCUT2D eigenvalue weighted by atomic mass is 10.1. The number of Topliss-reactive ketones (excluding diaryl/α,β-unsaturated/α-hetero) is 1. The highest BCUT2D eigenvalue weighted by molar-refractivity contribution is 7.99. The average molecular weight is 210 g/mol. The number of ether oxygens (including phenoxy) is 1. The molecule has 1 aromatic rings. The lowest BCUT2D eigenvalue weighted by Gasteiger charge is -2.17. The van der Waals surface area contributed by atoms with Gasteiger partial charge in [0.25, 0.3) is 0 Å². The van der Waals surface area contributed by atoms with E-state index in [-0.39, 0.29) is 11.5 Å². The summed E-state index contributed by atoms with van der Waals surface area (Å²) in [5.74, 6) is 1.47. The molecular formula is C10H10O3S. The van der Waals surface area contributed by atoms with Crippen molar-refractivity contribution in [2.45, 2.75) is 11.8 Å². The number of rotatable bonds is 1. The van der Waals surface area contributed by atoms with Gasteiger partial charge in [0.2, 0.25) is 0 Å². The third kappa shape index (κ3) is 1.57. The molecule has 1 aliphatic heterocycles. The van der Waals surface area contributed by atoms with Crippen molar-refractivity contribution < 1.29 is 14.6 Å². The van der Waals surface area contributed by atoms with Crippen LogP contribution in [0.4, 0.5) is 0 Å². The van der Waals surface area contributed by atoms with Gasteiger partial charge in [0.1, 0.15) is 11.5 Å². The van der Waals surface area contributed by atoms with Gasteiger partial charge in [-0.2, -0.15) is 0 Å². The maximum atomic E-state index is 11.1. The van der Waals surface area contributed by atoms with E-state index in [4.69, 9.17) is 4.74 Å². The summed E-state index contributed by atoms with van der Waals surface area (Å²) in [7, 11) is 0. The Hall–Kier alpha value is -1.16. The number of phenolic OH excluding ortho intramolecular Hbond substituents is 1. The molecule has 0 aromatic heterocycles. The van der Waals surface area contributed by atoms with E-state index in [1.54, 1.807) is 23.9 Å². The standard InChI is InChI=1S/C10H10O3S/c1-6(11)7-4-9-10(5-8(7)12)14-3-2-13-9/h4-5,12H,2-3H2,1H3. The first kappa shape index (κ1) is 9.40. The lowest BCUT2D eigenvalue weighted by molar-refractivity contribution is 0.101. The van der Waals surface area contributed by atoms with Gasteiger partial charge in [0.05, 0.1) is 17.1 Å². The Morgan fingerprint density at radius 3 is 3.07 bits per heavy atom. The molecule has 1 N–H and O–H groups in total. The van der Waals surface area contributed by atoms with Gasteiger partial charge in [-0.1, -0.05) is 0 Å². The molecule has 0 fully saturated rings. The normalized spacial score (nSPS) is 14.4. The van der Waals surface area contributed by atoms with Crippen LogP contribution >= 0.6 is 11.8 Å². The minimum atomic E-state index is -0.149. The van der Waals surface area contributed by atoms with Crippen molar-refractivity contribution in [2.75, 3.05) is 12.4 Å². The number of hydrogen-bond donors (Lipinski definition) is 1. The summed E-state index contributed by atoms with van der Waals surface area (Å²) in [6.07, 6.45) is 0. The second-order valence-corrected chi connectivity index (χ2v) is 4.21. The number of ketones is 1. The van der Waals surface area contributed by atoms with Crippen molar-refractivity contribution in [1.82, 2.24) is 0 Å². The van der Waals surface area contributed by atoms with Crippen molar-refractivity contribution in [3.63, 3.8) is 0 Å². The Morgan fingerprint density at radius 2 is 2.36 bits per heavy atom. The maximum Gasteiger partial charge on any atom is 0.163 e. The average Bonchev–Trinajstić information content (AvgIpc) is 2.16. The number of fused-ring (bicyclic) bond motifs is 1. The van der Waals surface area contributed by atoms with E-state index in [0.717, 1.165) is 10.6 Å². The van der Waals surface area contributed by atoms with Crippen LogP contribution in [0, 0.1) is 0 Å². The molecular weight excluding hydrogens is 200 g/mol. The predicted octanol–water partition coefficient (Wildman–Crippen LogP) is 2.08. The fourth-order valence-electron chi connectivity index (χ4n) is 1.36. The summed E-state index contributed by atoms with van der Waals surface area (Å²) in [5, 5.41) is 9.55. The molecule has 0 radical (unpaired) electrons. The Kier molecular flexibility index (Phi) is 2.37. The molecule has 3 nitrogen and oxygen atoms in total. The van der Waals surface area contributed by atoms with Gasteiger partial charge in [-0.3, -0.25) is 4.79 Å². The van der Waals surface area contributed by atoms with Gasteiger partial charge in [-0.05, 0) is 19.1 Å². The molecule has 1 aromatic carbocycles. The second-order valence-electron chi connectivity index (χ2n) is 3.07. The number of carbonyl (C=O) groups is 1. The van der Waals surface area contributed by atoms with Crippen molar-refractivity contribution in [2.24, 2.45) is 0 Å². The summed E-state index contributed by atoms with van der Waals surface area (Å²) in [4.78, 5) is 12.0. The minimum Gasteiger partial charge on any atom is -0.507 e. The molecule has 74 valence electrons. The molecule has 0 saturated heterocycles. The first-order valence-electron chi connectivity index (χ1n) is 4.32. The van der Waals surface area contributed by atoms with Crippen molar-refractivity contribution >= 4 is 17.5 Å². The van der Waals surface area contributed by atoms with E-state index in [1.165, 1.54) is 6.92 Å². The quantitative estimate of drug-likeness (QED) is 0.721. The molecule has 14 heavy (non-hydrogen) atoms. The zero-order valence-electron chi connectivity index (χ0n) is 7.74. The highest BCUT2D eigenvalue weighted by Crippen LogP contribution is 2.37. The molecule has 1 heterocycles. The number of thioether (sulfide) groups is 1. The molecule has 1 aliphatic rings. The third-order valence-electron chi connectivity index (χ3n) is 2.04. The highest BCUT2D eigenvalue weighted by atomic mass is 32.2. The number of hydrogen-bond acceptors (Lipinski definition) is 4. The highest BCUT2D eigenvalue weighted by Gasteiger charge is 2.16.